The van der Waals surface area contributed by atoms with Crippen LogP contribution in [0, 0.1) is 5.41 Å². The average Bonchev–Trinajstić information content (AvgIpc) is 3.09. The normalized spacial score (nSPS) is 23.5. The summed E-state index contributed by atoms with van der Waals surface area (Å²) < 4.78 is 11.1. The summed E-state index contributed by atoms with van der Waals surface area (Å²) >= 11 is 0. The van der Waals surface area contributed by atoms with Crippen LogP contribution >= 0.6 is 0 Å². The van der Waals surface area contributed by atoms with Crippen LogP contribution in [0.25, 0.3) is 0 Å². The Morgan fingerprint density at radius 1 is 1.15 bits per heavy atom. The van der Waals surface area contributed by atoms with E-state index in [1.165, 1.54) is 4.90 Å². The van der Waals surface area contributed by atoms with Crippen LogP contribution in [0.15, 0.2) is 54.6 Å². The minimum Gasteiger partial charge on any atom is -0.492 e. The molecule has 0 aliphatic carbocycles. The Morgan fingerprint density at radius 2 is 1.88 bits per heavy atom. The molecule has 6 nitrogen and oxygen atoms in total. The summed E-state index contributed by atoms with van der Waals surface area (Å²) in [6.45, 7) is 0.593. The van der Waals surface area contributed by atoms with Gasteiger partial charge >= 0.3 is 12.1 Å². The number of carboxylic acids is 1. The molecule has 2 aromatic rings. The van der Waals surface area contributed by atoms with Crippen molar-refractivity contribution in [3.63, 3.8) is 0 Å². The third-order valence-corrected chi connectivity index (χ3v) is 5.21. The van der Waals surface area contributed by atoms with Crippen LogP contribution < -0.4 is 4.74 Å². The molecule has 1 amide bonds. The van der Waals surface area contributed by atoms with Gasteiger partial charge in [-0.3, -0.25) is 4.79 Å². The van der Waals surface area contributed by atoms with Gasteiger partial charge in [0.1, 0.15) is 24.4 Å². The van der Waals surface area contributed by atoms with Crippen molar-refractivity contribution >= 4 is 12.1 Å². The number of aliphatic carboxylic acids is 1. The second-order valence-electron chi connectivity index (χ2n) is 6.76. The van der Waals surface area contributed by atoms with Crippen molar-refractivity contribution in [3.8, 4) is 5.75 Å². The molecule has 0 aromatic heterocycles. The lowest BCUT2D eigenvalue weighted by molar-refractivity contribution is -0.151. The van der Waals surface area contributed by atoms with Gasteiger partial charge in [0.2, 0.25) is 0 Å². The van der Waals surface area contributed by atoms with Crippen molar-refractivity contribution in [3.05, 3.63) is 65.7 Å². The van der Waals surface area contributed by atoms with E-state index in [0.29, 0.717) is 12.3 Å². The summed E-state index contributed by atoms with van der Waals surface area (Å²) in [6, 6.07) is 16.8. The van der Waals surface area contributed by atoms with Gasteiger partial charge in [-0.05, 0) is 11.6 Å². The van der Waals surface area contributed by atoms with Gasteiger partial charge < -0.3 is 19.5 Å². The molecule has 2 atom stereocenters. The van der Waals surface area contributed by atoms with E-state index in [1.807, 2.05) is 54.6 Å². The van der Waals surface area contributed by atoms with Gasteiger partial charge in [0, 0.05) is 24.6 Å². The fourth-order valence-corrected chi connectivity index (χ4v) is 3.79. The molecule has 2 aromatic carbocycles. The number of likely N-dealkylation sites (tertiary alicyclic amines) is 1. The molecule has 0 bridgehead atoms. The molecule has 0 radical (unpaired) electrons. The van der Waals surface area contributed by atoms with Crippen molar-refractivity contribution < 1.29 is 24.2 Å². The van der Waals surface area contributed by atoms with Crippen LogP contribution in [0.4, 0.5) is 4.79 Å². The van der Waals surface area contributed by atoms with Crippen molar-refractivity contribution in [1.29, 1.82) is 0 Å². The summed E-state index contributed by atoms with van der Waals surface area (Å²) in [5, 5.41) is 9.87. The topological polar surface area (TPSA) is 76.1 Å². The summed E-state index contributed by atoms with van der Waals surface area (Å²) in [5.74, 6) is -0.571. The Hall–Kier alpha value is -3.02. The maximum atomic E-state index is 12.5. The first-order valence-electron chi connectivity index (χ1n) is 8.51. The van der Waals surface area contributed by atoms with Crippen LogP contribution in [0.3, 0.4) is 0 Å². The second kappa shape index (κ2) is 6.37. The van der Waals surface area contributed by atoms with Crippen LogP contribution in [0.2, 0.25) is 0 Å². The zero-order chi connectivity index (χ0) is 18.1. The van der Waals surface area contributed by atoms with Gasteiger partial charge in [0.25, 0.3) is 0 Å². The van der Waals surface area contributed by atoms with Crippen LogP contribution in [0.1, 0.15) is 17.0 Å². The molecule has 134 valence electrons. The van der Waals surface area contributed by atoms with Crippen LogP contribution in [0.5, 0.6) is 5.75 Å². The molecule has 0 spiro atoms. The highest BCUT2D eigenvalue weighted by Gasteiger charge is 2.57. The van der Waals surface area contributed by atoms with E-state index in [9.17, 15) is 14.7 Å². The van der Waals surface area contributed by atoms with Gasteiger partial charge in [0.15, 0.2) is 0 Å². The molecule has 4 rings (SSSR count). The molecule has 0 unspecified atom stereocenters. The largest absolute Gasteiger partial charge is 0.492 e. The number of carboxylic acid groups (broad SMARTS) is 1. The molecule has 1 N–H and O–H groups in total. The zero-order valence-electron chi connectivity index (χ0n) is 14.1. The smallest absolute Gasteiger partial charge is 0.410 e. The van der Waals surface area contributed by atoms with Crippen molar-refractivity contribution in [2.75, 3.05) is 19.7 Å². The Morgan fingerprint density at radius 3 is 2.65 bits per heavy atom. The number of nitrogens with zero attached hydrogens (tertiary/aromatic N) is 1. The van der Waals surface area contributed by atoms with Gasteiger partial charge in [-0.2, -0.15) is 0 Å². The number of fused-ring (bicyclic) bond motifs is 3. The minimum absolute atomic E-state index is 0.0481. The Kier molecular flexibility index (Phi) is 4.03. The van der Waals surface area contributed by atoms with Crippen LogP contribution in [-0.2, 0) is 16.1 Å². The van der Waals surface area contributed by atoms with E-state index in [2.05, 4.69) is 0 Å². The van der Waals surface area contributed by atoms with E-state index < -0.39 is 17.5 Å². The molecular weight excluding hydrogens is 334 g/mol. The molecule has 26 heavy (non-hydrogen) atoms. The summed E-state index contributed by atoms with van der Waals surface area (Å²) in [4.78, 5) is 26.0. The number of hydrogen-bond acceptors (Lipinski definition) is 4. The number of carbonyl (C=O) groups is 2. The Labute approximate surface area is 151 Å². The summed E-state index contributed by atoms with van der Waals surface area (Å²) in [6.07, 6.45) is -0.499. The fourth-order valence-electron chi connectivity index (χ4n) is 3.79. The fraction of sp³-hybridized carbons (Fsp3) is 0.300. The van der Waals surface area contributed by atoms with Gasteiger partial charge in [-0.25, -0.2) is 4.79 Å². The standard InChI is InChI=1S/C20H19NO5/c22-18(23)20-12-21(19(24)25-11-14-6-2-1-3-7-14)10-16(20)15-8-4-5-9-17(15)26-13-20/h1-9,16H,10-13H2,(H,22,23)/t16-,20-/m0/s1. The number of rotatable bonds is 3. The lowest BCUT2D eigenvalue weighted by atomic mass is 9.73. The molecule has 0 saturated carbocycles. The number of ether oxygens (including phenoxy) is 2. The number of hydrogen-bond donors (Lipinski definition) is 1. The maximum absolute atomic E-state index is 12.5. The van der Waals surface area contributed by atoms with E-state index in [4.69, 9.17) is 9.47 Å². The van der Waals surface area contributed by atoms with Crippen molar-refractivity contribution in [2.24, 2.45) is 5.41 Å². The monoisotopic (exact) mass is 353 g/mol. The maximum Gasteiger partial charge on any atom is 0.410 e. The molecule has 1 fully saturated rings. The Balaban J connectivity index is 1.54. The number of benzene rings is 2. The predicted molar refractivity (Wildman–Crippen MR) is 92.9 cm³/mol. The highest BCUT2D eigenvalue weighted by Crippen LogP contribution is 2.49. The lowest BCUT2D eigenvalue weighted by Crippen LogP contribution is -2.46. The van der Waals surface area contributed by atoms with Gasteiger partial charge in [-0.1, -0.05) is 48.5 Å². The van der Waals surface area contributed by atoms with Crippen molar-refractivity contribution in [1.82, 2.24) is 4.90 Å². The quantitative estimate of drug-likeness (QED) is 0.918. The van der Waals surface area contributed by atoms with E-state index in [0.717, 1.165) is 11.1 Å². The summed E-state index contributed by atoms with van der Waals surface area (Å²) in [5.41, 5.74) is 0.582. The first kappa shape index (κ1) is 16.4. The first-order valence-corrected chi connectivity index (χ1v) is 8.51. The highest BCUT2D eigenvalue weighted by molar-refractivity contribution is 5.80. The highest BCUT2D eigenvalue weighted by atomic mass is 16.6. The SMILES string of the molecule is O=C(OCc1ccccc1)N1C[C@H]2c3ccccc3OC[C@@]2(C(=O)O)C1. The number of amides is 1. The molecule has 2 aliphatic heterocycles. The molecule has 2 heterocycles. The van der Waals surface area contributed by atoms with Crippen LogP contribution in [-0.4, -0.2) is 41.8 Å². The third-order valence-electron chi connectivity index (χ3n) is 5.21. The number of carbonyl (C=O) groups excluding carboxylic acids is 1. The van der Waals surface area contributed by atoms with E-state index in [-0.39, 0.29) is 25.7 Å². The third kappa shape index (κ3) is 2.67. The lowest BCUT2D eigenvalue weighted by Gasteiger charge is -2.35. The minimum atomic E-state index is -1.14. The predicted octanol–water partition coefficient (Wildman–Crippen LogP) is 2.89. The molecule has 6 heteroatoms. The zero-order valence-corrected chi connectivity index (χ0v) is 14.1. The summed E-state index contributed by atoms with van der Waals surface area (Å²) in [7, 11) is 0. The van der Waals surface area contributed by atoms with E-state index in [1.54, 1.807) is 0 Å². The van der Waals surface area contributed by atoms with Gasteiger partial charge in [0.05, 0.1) is 0 Å². The van der Waals surface area contributed by atoms with E-state index >= 15 is 0 Å². The average molecular weight is 353 g/mol. The number of para-hydroxylation sites is 1. The molecule has 2 aliphatic rings. The first-order chi connectivity index (χ1) is 12.6. The van der Waals surface area contributed by atoms with Gasteiger partial charge in [-0.15, -0.1) is 0 Å². The van der Waals surface area contributed by atoms with Crippen molar-refractivity contribution in [2.45, 2.75) is 12.5 Å². The Bertz CT molecular complexity index is 837. The molecule has 1 saturated heterocycles. The second-order valence-corrected chi connectivity index (χ2v) is 6.76. The molecular formula is C20H19NO5.